The lowest BCUT2D eigenvalue weighted by Crippen LogP contribution is -2.28. The highest BCUT2D eigenvalue weighted by Crippen LogP contribution is 2.12. The van der Waals surface area contributed by atoms with E-state index in [0.717, 1.165) is 89.9 Å². The first-order valence-electron chi connectivity index (χ1n) is 19.0. The Morgan fingerprint density at radius 1 is 0.511 bits per heavy atom. The van der Waals surface area contributed by atoms with E-state index in [2.05, 4.69) is 86.8 Å². The third-order valence-electron chi connectivity index (χ3n) is 7.72. The summed E-state index contributed by atoms with van der Waals surface area (Å²) in [6.07, 6.45) is 49.6. The number of unbranched alkanes of at least 4 members (excludes halogenated alkanes) is 13. The molecule has 1 atom stereocenters. The summed E-state index contributed by atoms with van der Waals surface area (Å²) in [6, 6.07) is 0. The van der Waals surface area contributed by atoms with Crippen molar-refractivity contribution in [3.8, 4) is 0 Å². The first kappa shape index (κ1) is 44.3. The molecule has 5 heteroatoms. The lowest BCUT2D eigenvalue weighted by Gasteiger charge is -2.15. The molecule has 0 aliphatic rings. The molecule has 0 spiro atoms. The van der Waals surface area contributed by atoms with Gasteiger partial charge in [0.1, 0.15) is 6.61 Å². The first-order valence-corrected chi connectivity index (χ1v) is 19.0. The average molecular weight is 655 g/mol. The number of carbonyl (C=O) groups excluding carboxylic acids is 2. The van der Waals surface area contributed by atoms with E-state index in [0.29, 0.717) is 12.8 Å². The molecule has 0 aromatic rings. The van der Waals surface area contributed by atoms with Gasteiger partial charge in [0.15, 0.2) is 6.10 Å². The van der Waals surface area contributed by atoms with Crippen molar-refractivity contribution in [2.45, 2.75) is 168 Å². The minimum Gasteiger partial charge on any atom is -0.462 e. The number of ether oxygens (including phenoxy) is 2. The minimum atomic E-state index is -0.782. The van der Waals surface area contributed by atoms with Crippen LogP contribution in [0.5, 0.6) is 0 Å². The van der Waals surface area contributed by atoms with Crippen molar-refractivity contribution in [3.63, 3.8) is 0 Å². The largest absolute Gasteiger partial charge is 0.462 e. The zero-order valence-corrected chi connectivity index (χ0v) is 30.3. The lowest BCUT2D eigenvalue weighted by atomic mass is 10.1. The van der Waals surface area contributed by atoms with E-state index in [1.807, 2.05) is 0 Å². The van der Waals surface area contributed by atoms with Crippen LogP contribution in [0, 0.1) is 0 Å². The van der Waals surface area contributed by atoms with Gasteiger partial charge in [0, 0.05) is 12.8 Å². The maximum absolute atomic E-state index is 12.1. The summed E-state index contributed by atoms with van der Waals surface area (Å²) >= 11 is 0. The molecular weight excluding hydrogens is 584 g/mol. The molecule has 0 aromatic carbocycles. The van der Waals surface area contributed by atoms with E-state index in [1.54, 1.807) is 0 Å². The summed E-state index contributed by atoms with van der Waals surface area (Å²) in [5, 5.41) is 9.52. The molecule has 5 nitrogen and oxygen atoms in total. The molecule has 0 amide bonds. The molecule has 0 heterocycles. The Bertz CT molecular complexity index is 879. The Morgan fingerprint density at radius 2 is 0.915 bits per heavy atom. The third-order valence-corrected chi connectivity index (χ3v) is 7.72. The predicted molar refractivity (Wildman–Crippen MR) is 200 cm³/mol. The average Bonchev–Trinajstić information content (AvgIpc) is 3.07. The number of hydrogen-bond donors (Lipinski definition) is 1. The summed E-state index contributed by atoms with van der Waals surface area (Å²) in [6.45, 7) is 3.92. The van der Waals surface area contributed by atoms with Gasteiger partial charge in [-0.1, -0.05) is 145 Å². The van der Waals surface area contributed by atoms with Crippen LogP contribution in [0.4, 0.5) is 0 Å². The van der Waals surface area contributed by atoms with Gasteiger partial charge in [-0.05, 0) is 77.0 Å². The van der Waals surface area contributed by atoms with Crippen molar-refractivity contribution in [1.29, 1.82) is 0 Å². The highest BCUT2D eigenvalue weighted by atomic mass is 16.6. The number of rotatable bonds is 33. The summed E-state index contributed by atoms with van der Waals surface area (Å²) < 4.78 is 10.6. The molecule has 0 saturated carbocycles. The Morgan fingerprint density at radius 3 is 1.40 bits per heavy atom. The second-order valence-electron chi connectivity index (χ2n) is 12.3. The van der Waals surface area contributed by atoms with E-state index in [9.17, 15) is 14.7 Å². The molecule has 268 valence electrons. The summed E-state index contributed by atoms with van der Waals surface area (Å²) in [5.74, 6) is -0.624. The molecule has 0 bridgehead atoms. The second-order valence-corrected chi connectivity index (χ2v) is 12.3. The van der Waals surface area contributed by atoms with Gasteiger partial charge in [0.2, 0.25) is 0 Å². The molecule has 0 saturated heterocycles. The molecule has 0 aromatic heterocycles. The third kappa shape index (κ3) is 36.0. The van der Waals surface area contributed by atoms with E-state index < -0.39 is 6.10 Å². The molecule has 0 fully saturated rings. The molecule has 1 unspecified atom stereocenters. The van der Waals surface area contributed by atoms with Crippen LogP contribution in [0.1, 0.15) is 162 Å². The topological polar surface area (TPSA) is 72.8 Å². The monoisotopic (exact) mass is 655 g/mol. The van der Waals surface area contributed by atoms with E-state index >= 15 is 0 Å². The molecule has 1 N–H and O–H groups in total. The smallest absolute Gasteiger partial charge is 0.306 e. The van der Waals surface area contributed by atoms with Gasteiger partial charge in [-0.25, -0.2) is 0 Å². The number of aliphatic hydroxyl groups is 1. The number of esters is 2. The maximum Gasteiger partial charge on any atom is 0.306 e. The van der Waals surface area contributed by atoms with Crippen molar-refractivity contribution in [1.82, 2.24) is 0 Å². The molecule has 0 aliphatic heterocycles. The van der Waals surface area contributed by atoms with Gasteiger partial charge in [-0.3, -0.25) is 9.59 Å². The van der Waals surface area contributed by atoms with Gasteiger partial charge in [0.05, 0.1) is 6.61 Å². The lowest BCUT2D eigenvalue weighted by molar-refractivity contribution is -0.161. The van der Waals surface area contributed by atoms with Gasteiger partial charge in [-0.15, -0.1) is 0 Å². The highest BCUT2D eigenvalue weighted by molar-refractivity contribution is 5.70. The van der Waals surface area contributed by atoms with Crippen LogP contribution in [0.2, 0.25) is 0 Å². The summed E-state index contributed by atoms with van der Waals surface area (Å²) in [7, 11) is 0. The number of carbonyl (C=O) groups is 2. The first-order chi connectivity index (χ1) is 23.1. The standard InChI is InChI=1S/C42H70O5/c1-3-5-7-9-11-13-15-16-17-18-19-20-21-22-23-24-25-26-27-29-31-33-35-37-42(45)47-40(38-43)39-46-41(44)36-34-32-30-28-14-12-10-8-6-4-2/h5,7-8,10-11,13,16-17,19-20,22-23,40,43H,3-4,6,9,12,14-15,18,21,24-39H2,1-2H3/b7-5-,10-8-,13-11-,17-16-,20-19-,23-22-. The fourth-order valence-electron chi connectivity index (χ4n) is 4.88. The van der Waals surface area contributed by atoms with Gasteiger partial charge in [-0.2, -0.15) is 0 Å². The van der Waals surface area contributed by atoms with Crippen LogP contribution in [0.25, 0.3) is 0 Å². The van der Waals surface area contributed by atoms with Crippen LogP contribution in [0.15, 0.2) is 72.9 Å². The van der Waals surface area contributed by atoms with Crippen molar-refractivity contribution in [2.75, 3.05) is 13.2 Å². The summed E-state index contributed by atoms with van der Waals surface area (Å²) in [4.78, 5) is 24.2. The molecule has 0 radical (unpaired) electrons. The second kappa shape index (κ2) is 37.8. The SMILES string of the molecule is CC/C=C\C/C=C\C/C=C\C/C=C\C/C=C\CCCCCCCCCC(=O)OC(CO)COC(=O)CCCCCCC/C=C\CCC. The summed E-state index contributed by atoms with van der Waals surface area (Å²) in [5.41, 5.74) is 0. The number of hydrogen-bond acceptors (Lipinski definition) is 5. The Hall–Kier alpha value is -2.66. The van der Waals surface area contributed by atoms with Crippen LogP contribution in [-0.2, 0) is 19.1 Å². The van der Waals surface area contributed by atoms with E-state index in [-0.39, 0.29) is 25.2 Å². The molecule has 0 aliphatic carbocycles. The van der Waals surface area contributed by atoms with Gasteiger partial charge in [0.25, 0.3) is 0 Å². The van der Waals surface area contributed by atoms with Crippen LogP contribution < -0.4 is 0 Å². The van der Waals surface area contributed by atoms with Crippen LogP contribution in [-0.4, -0.2) is 36.4 Å². The quantitative estimate of drug-likeness (QED) is 0.0433. The van der Waals surface area contributed by atoms with Gasteiger partial charge >= 0.3 is 11.9 Å². The van der Waals surface area contributed by atoms with Crippen molar-refractivity contribution in [2.24, 2.45) is 0 Å². The predicted octanol–water partition coefficient (Wildman–Crippen LogP) is 11.8. The Labute approximate surface area is 289 Å². The van der Waals surface area contributed by atoms with Crippen LogP contribution >= 0.6 is 0 Å². The Kier molecular flexibility index (Phi) is 35.7. The zero-order chi connectivity index (χ0) is 34.3. The number of allylic oxidation sites excluding steroid dienone is 12. The van der Waals surface area contributed by atoms with Crippen molar-refractivity contribution in [3.05, 3.63) is 72.9 Å². The van der Waals surface area contributed by atoms with E-state index in [1.165, 1.54) is 44.9 Å². The highest BCUT2D eigenvalue weighted by Gasteiger charge is 2.16. The molecule has 0 rings (SSSR count). The fraction of sp³-hybridized carbons (Fsp3) is 0.667. The van der Waals surface area contributed by atoms with Crippen LogP contribution in [0.3, 0.4) is 0 Å². The van der Waals surface area contributed by atoms with Crippen molar-refractivity contribution >= 4 is 11.9 Å². The number of aliphatic hydroxyl groups excluding tert-OH is 1. The van der Waals surface area contributed by atoms with E-state index in [4.69, 9.17) is 9.47 Å². The zero-order valence-electron chi connectivity index (χ0n) is 30.3. The van der Waals surface area contributed by atoms with Crippen molar-refractivity contribution < 1.29 is 24.2 Å². The molecule has 47 heavy (non-hydrogen) atoms. The maximum atomic E-state index is 12.1. The molecular formula is C42H70O5. The minimum absolute atomic E-state index is 0.0786. The fourth-order valence-corrected chi connectivity index (χ4v) is 4.88. The normalized spacial score (nSPS) is 13.0. The Balaban J connectivity index is 3.61. The van der Waals surface area contributed by atoms with Gasteiger partial charge < -0.3 is 14.6 Å².